The number of cyclic esters (lactones) is 1. The lowest BCUT2D eigenvalue weighted by atomic mass is 10.1. The first kappa shape index (κ1) is 21.5. The van der Waals surface area contributed by atoms with Gasteiger partial charge in [-0.05, 0) is 52.9 Å². The molecular formula is C22H15ClN2O6S. The van der Waals surface area contributed by atoms with Gasteiger partial charge in [0.25, 0.3) is 5.69 Å². The number of hydrogen-bond acceptors (Lipinski definition) is 8. The van der Waals surface area contributed by atoms with Gasteiger partial charge >= 0.3 is 5.97 Å². The van der Waals surface area contributed by atoms with E-state index < -0.39 is 10.9 Å². The van der Waals surface area contributed by atoms with E-state index in [1.54, 1.807) is 30.3 Å². The van der Waals surface area contributed by atoms with Gasteiger partial charge in [0.2, 0.25) is 5.90 Å². The first-order valence-corrected chi connectivity index (χ1v) is 10.5. The highest BCUT2D eigenvalue weighted by Crippen LogP contribution is 2.38. The Labute approximate surface area is 191 Å². The number of carbonyl (C=O) groups excluding carboxylic acids is 1. The Morgan fingerprint density at radius 2 is 2.03 bits per heavy atom. The lowest BCUT2D eigenvalue weighted by Gasteiger charge is -2.13. The van der Waals surface area contributed by atoms with Crippen LogP contribution in [0.5, 0.6) is 11.5 Å². The van der Waals surface area contributed by atoms with E-state index in [1.165, 1.54) is 30.6 Å². The number of benzene rings is 2. The van der Waals surface area contributed by atoms with Crippen molar-refractivity contribution in [3.8, 4) is 11.5 Å². The largest absolute Gasteiger partial charge is 0.493 e. The maximum absolute atomic E-state index is 12.2. The number of carbonyl (C=O) groups is 1. The zero-order valence-corrected chi connectivity index (χ0v) is 18.2. The number of nitrogens with zero attached hydrogens (tertiary/aromatic N) is 2. The van der Waals surface area contributed by atoms with Crippen LogP contribution < -0.4 is 9.47 Å². The number of esters is 1. The Morgan fingerprint density at radius 3 is 2.69 bits per heavy atom. The van der Waals surface area contributed by atoms with Crippen LogP contribution in [0.15, 0.2) is 64.6 Å². The molecule has 2 heterocycles. The molecule has 1 aliphatic heterocycles. The Morgan fingerprint density at radius 1 is 1.25 bits per heavy atom. The third-order valence-corrected chi connectivity index (χ3v) is 5.58. The SMILES string of the molecule is COc1cc(C=C2N=C(c3cccs3)OC2=O)cc(Cl)c1OCc1ccc([N+](=O)[O-])cc1. The van der Waals surface area contributed by atoms with Gasteiger partial charge in [-0.25, -0.2) is 9.79 Å². The molecule has 0 saturated heterocycles. The number of thiophene rings is 1. The fourth-order valence-electron chi connectivity index (χ4n) is 2.91. The molecule has 0 fully saturated rings. The number of nitro groups is 1. The van der Waals surface area contributed by atoms with E-state index in [-0.39, 0.29) is 28.9 Å². The molecule has 0 aliphatic carbocycles. The van der Waals surface area contributed by atoms with E-state index in [0.717, 1.165) is 10.4 Å². The van der Waals surface area contributed by atoms with Crippen LogP contribution in [-0.2, 0) is 16.1 Å². The molecule has 2 aromatic carbocycles. The molecule has 162 valence electrons. The smallest absolute Gasteiger partial charge is 0.363 e. The second-order valence-electron chi connectivity index (χ2n) is 6.56. The zero-order valence-electron chi connectivity index (χ0n) is 16.6. The fraction of sp³-hybridized carbons (Fsp3) is 0.0909. The number of hydrogen-bond donors (Lipinski definition) is 0. The highest BCUT2D eigenvalue weighted by atomic mass is 35.5. The van der Waals surface area contributed by atoms with Gasteiger partial charge in [-0.1, -0.05) is 17.7 Å². The van der Waals surface area contributed by atoms with Crippen LogP contribution in [-0.4, -0.2) is 23.9 Å². The first-order valence-electron chi connectivity index (χ1n) is 9.24. The van der Waals surface area contributed by atoms with Crippen molar-refractivity contribution in [2.45, 2.75) is 6.61 Å². The average Bonchev–Trinajstić information content (AvgIpc) is 3.43. The highest BCUT2D eigenvalue weighted by Gasteiger charge is 2.25. The van der Waals surface area contributed by atoms with Crippen molar-refractivity contribution in [3.63, 3.8) is 0 Å². The molecule has 0 saturated carbocycles. The van der Waals surface area contributed by atoms with Crippen LogP contribution >= 0.6 is 22.9 Å². The minimum Gasteiger partial charge on any atom is -0.493 e. The van der Waals surface area contributed by atoms with Gasteiger partial charge in [0.1, 0.15) is 6.61 Å². The molecule has 0 unspecified atom stereocenters. The van der Waals surface area contributed by atoms with E-state index >= 15 is 0 Å². The zero-order chi connectivity index (χ0) is 22.7. The van der Waals surface area contributed by atoms with Gasteiger partial charge in [-0.3, -0.25) is 10.1 Å². The van der Waals surface area contributed by atoms with Crippen molar-refractivity contribution >= 4 is 46.6 Å². The summed E-state index contributed by atoms with van der Waals surface area (Å²) in [6.45, 7) is 0.134. The molecule has 0 spiro atoms. The number of rotatable bonds is 7. The predicted octanol–water partition coefficient (Wildman–Crippen LogP) is 5.24. The molecule has 0 N–H and O–H groups in total. The number of nitro benzene ring substituents is 1. The van der Waals surface area contributed by atoms with E-state index in [9.17, 15) is 14.9 Å². The maximum Gasteiger partial charge on any atom is 0.363 e. The number of ether oxygens (including phenoxy) is 3. The lowest BCUT2D eigenvalue weighted by Crippen LogP contribution is -2.03. The average molecular weight is 471 g/mol. The summed E-state index contributed by atoms with van der Waals surface area (Å²) in [6.07, 6.45) is 1.55. The third kappa shape index (κ3) is 4.63. The van der Waals surface area contributed by atoms with Gasteiger partial charge in [0.15, 0.2) is 17.2 Å². The molecule has 1 aliphatic rings. The van der Waals surface area contributed by atoms with E-state index in [2.05, 4.69) is 4.99 Å². The minimum atomic E-state index is -0.554. The summed E-state index contributed by atoms with van der Waals surface area (Å²) in [6, 6.07) is 13.0. The molecule has 0 atom stereocenters. The van der Waals surface area contributed by atoms with Gasteiger partial charge < -0.3 is 14.2 Å². The monoisotopic (exact) mass is 470 g/mol. The van der Waals surface area contributed by atoms with Crippen molar-refractivity contribution in [1.82, 2.24) is 0 Å². The lowest BCUT2D eigenvalue weighted by molar-refractivity contribution is -0.384. The van der Waals surface area contributed by atoms with E-state index in [4.69, 9.17) is 25.8 Å². The van der Waals surface area contributed by atoms with Crippen molar-refractivity contribution in [3.05, 3.63) is 90.7 Å². The number of non-ortho nitro benzene ring substituents is 1. The summed E-state index contributed by atoms with van der Waals surface area (Å²) in [7, 11) is 1.47. The minimum absolute atomic E-state index is 0.00270. The summed E-state index contributed by atoms with van der Waals surface area (Å²) < 4.78 is 16.4. The van der Waals surface area contributed by atoms with Crippen molar-refractivity contribution in [1.29, 1.82) is 0 Å². The quantitative estimate of drug-likeness (QED) is 0.202. The van der Waals surface area contributed by atoms with Gasteiger partial charge in [-0.15, -0.1) is 11.3 Å². The standard InChI is InChI=1S/C22H15ClN2O6S/c1-29-18-11-14(10-17-22(26)31-21(24-17)19-3-2-8-32-19)9-16(23)20(18)30-12-13-4-6-15(7-5-13)25(27)28/h2-11H,12H2,1H3. The van der Waals surface area contributed by atoms with Crippen LogP contribution in [0.25, 0.3) is 6.08 Å². The van der Waals surface area contributed by atoms with Crippen molar-refractivity contribution < 1.29 is 23.9 Å². The van der Waals surface area contributed by atoms with Gasteiger partial charge in [0, 0.05) is 12.1 Å². The second-order valence-corrected chi connectivity index (χ2v) is 7.91. The second kappa shape index (κ2) is 9.21. The van der Waals surface area contributed by atoms with Crippen molar-refractivity contribution in [2.24, 2.45) is 4.99 Å². The van der Waals surface area contributed by atoms with E-state index in [1.807, 2.05) is 17.5 Å². The maximum atomic E-state index is 12.2. The molecule has 1 aromatic heterocycles. The third-order valence-electron chi connectivity index (χ3n) is 4.44. The van der Waals surface area contributed by atoms with E-state index in [0.29, 0.717) is 17.1 Å². The normalized spacial score (nSPS) is 14.2. The molecule has 0 radical (unpaired) electrons. The fourth-order valence-corrected chi connectivity index (χ4v) is 3.83. The molecule has 32 heavy (non-hydrogen) atoms. The number of aliphatic imine (C=N–C) groups is 1. The van der Waals surface area contributed by atoms with Crippen LogP contribution in [0.1, 0.15) is 16.0 Å². The summed E-state index contributed by atoms with van der Waals surface area (Å²) in [5, 5.41) is 12.9. The molecular weight excluding hydrogens is 456 g/mol. The Balaban J connectivity index is 1.55. The predicted molar refractivity (Wildman–Crippen MR) is 120 cm³/mol. The number of methoxy groups -OCH3 is 1. The molecule has 3 aromatic rings. The van der Waals surface area contributed by atoms with Crippen molar-refractivity contribution in [2.75, 3.05) is 7.11 Å². The highest BCUT2D eigenvalue weighted by molar-refractivity contribution is 7.12. The molecule has 10 heteroatoms. The first-order chi connectivity index (χ1) is 15.4. The molecule has 0 bridgehead atoms. The Bertz CT molecular complexity index is 1240. The summed E-state index contributed by atoms with van der Waals surface area (Å²) in [5.74, 6) is 0.380. The van der Waals surface area contributed by atoms with Crippen LogP contribution in [0.2, 0.25) is 5.02 Å². The number of halogens is 1. The Kier molecular flexibility index (Phi) is 6.20. The van der Waals surface area contributed by atoms with Crippen LogP contribution in [0.3, 0.4) is 0 Å². The van der Waals surface area contributed by atoms with Gasteiger partial charge in [-0.2, -0.15) is 0 Å². The summed E-state index contributed by atoms with van der Waals surface area (Å²) in [5.41, 5.74) is 1.45. The molecule has 0 amide bonds. The Hall–Kier alpha value is -3.69. The molecule has 8 nitrogen and oxygen atoms in total. The molecule has 4 rings (SSSR count). The topological polar surface area (TPSA) is 100 Å². The van der Waals surface area contributed by atoms with Crippen LogP contribution in [0, 0.1) is 10.1 Å². The summed E-state index contributed by atoms with van der Waals surface area (Å²) >= 11 is 7.82. The van der Waals surface area contributed by atoms with Gasteiger partial charge in [0.05, 0.1) is 21.9 Å². The van der Waals surface area contributed by atoms with Crippen LogP contribution in [0.4, 0.5) is 5.69 Å². The summed E-state index contributed by atoms with van der Waals surface area (Å²) in [4.78, 5) is 27.5.